The van der Waals surface area contributed by atoms with Gasteiger partial charge in [-0.25, -0.2) is 4.79 Å². The lowest BCUT2D eigenvalue weighted by Crippen LogP contribution is -2.28. The van der Waals surface area contributed by atoms with Crippen LogP contribution in [0, 0.1) is 0 Å². The molecule has 0 fully saturated rings. The summed E-state index contributed by atoms with van der Waals surface area (Å²) in [4.78, 5) is 12.9. The van der Waals surface area contributed by atoms with Gasteiger partial charge in [-0.15, -0.1) is 0 Å². The lowest BCUT2D eigenvalue weighted by molar-refractivity contribution is 0.134. The van der Waals surface area contributed by atoms with E-state index >= 15 is 0 Å². The molecule has 0 bridgehead atoms. The largest absolute Gasteiger partial charge is 0.453 e. The van der Waals surface area contributed by atoms with Crippen molar-refractivity contribution in [3.8, 4) is 0 Å². The van der Waals surface area contributed by atoms with Crippen molar-refractivity contribution in [2.45, 2.75) is 20.3 Å². The maximum atomic E-state index is 11.2. The molecule has 78 valence electrons. The van der Waals surface area contributed by atoms with Crippen molar-refractivity contribution in [3.63, 3.8) is 0 Å². The monoisotopic (exact) mass is 195 g/mol. The Morgan fingerprint density at radius 2 is 2.29 bits per heavy atom. The summed E-state index contributed by atoms with van der Waals surface area (Å²) in [5.41, 5.74) is 2.48. The molecular weight excluding hydrogens is 178 g/mol. The van der Waals surface area contributed by atoms with Crippen LogP contribution in [-0.2, 0) is 4.74 Å². The molecule has 3 heteroatoms. The number of carbonyl (C=O) groups is 1. The Labute approximate surface area is 85.0 Å². The lowest BCUT2D eigenvalue weighted by atomic mass is 10.1. The van der Waals surface area contributed by atoms with Gasteiger partial charge in [0, 0.05) is 13.1 Å². The summed E-state index contributed by atoms with van der Waals surface area (Å²) < 4.78 is 4.67. The van der Waals surface area contributed by atoms with Crippen molar-refractivity contribution < 1.29 is 9.53 Å². The smallest absolute Gasteiger partial charge is 0.410 e. The van der Waals surface area contributed by atoms with E-state index in [1.54, 1.807) is 4.90 Å². The molecule has 0 atom stereocenters. The van der Waals surface area contributed by atoms with Gasteiger partial charge in [-0.1, -0.05) is 19.1 Å². The fourth-order valence-electron chi connectivity index (χ4n) is 1.50. The van der Waals surface area contributed by atoms with Crippen molar-refractivity contribution in [2.75, 3.05) is 20.2 Å². The molecule has 0 aromatic heterocycles. The quantitative estimate of drug-likeness (QED) is 0.677. The SMILES string of the molecule is CC/C=C\C1=C(C)CN(C(=O)OC)C1. The second kappa shape index (κ2) is 4.84. The molecule has 0 radical (unpaired) electrons. The number of amides is 1. The summed E-state index contributed by atoms with van der Waals surface area (Å²) in [6.45, 7) is 5.52. The van der Waals surface area contributed by atoms with Crippen LogP contribution in [0.3, 0.4) is 0 Å². The molecule has 0 unspecified atom stereocenters. The van der Waals surface area contributed by atoms with Crippen LogP contribution in [0.5, 0.6) is 0 Å². The number of hydrogen-bond acceptors (Lipinski definition) is 2. The summed E-state index contributed by atoms with van der Waals surface area (Å²) in [6, 6.07) is 0. The highest BCUT2D eigenvalue weighted by Crippen LogP contribution is 2.18. The number of methoxy groups -OCH3 is 1. The molecule has 1 rings (SSSR count). The fraction of sp³-hybridized carbons (Fsp3) is 0.545. The first-order valence-electron chi connectivity index (χ1n) is 4.87. The van der Waals surface area contributed by atoms with E-state index in [-0.39, 0.29) is 6.09 Å². The average molecular weight is 195 g/mol. The Morgan fingerprint density at radius 1 is 1.57 bits per heavy atom. The first kappa shape index (κ1) is 10.8. The molecule has 0 aliphatic carbocycles. The van der Waals surface area contributed by atoms with Crippen molar-refractivity contribution in [2.24, 2.45) is 0 Å². The van der Waals surface area contributed by atoms with Crippen molar-refractivity contribution in [1.29, 1.82) is 0 Å². The first-order chi connectivity index (χ1) is 6.69. The van der Waals surface area contributed by atoms with Gasteiger partial charge in [0.1, 0.15) is 0 Å². The second-order valence-corrected chi connectivity index (χ2v) is 3.44. The van der Waals surface area contributed by atoms with Gasteiger partial charge >= 0.3 is 6.09 Å². The second-order valence-electron chi connectivity index (χ2n) is 3.44. The summed E-state index contributed by atoms with van der Waals surface area (Å²) in [5.74, 6) is 0. The molecule has 0 aromatic rings. The normalized spacial score (nSPS) is 16.9. The number of ether oxygens (including phenoxy) is 1. The van der Waals surface area contributed by atoms with Gasteiger partial charge in [-0.05, 0) is 24.5 Å². The molecule has 0 N–H and O–H groups in total. The Hall–Kier alpha value is -1.25. The van der Waals surface area contributed by atoms with Crippen LogP contribution >= 0.6 is 0 Å². The standard InChI is InChI=1S/C11H17NO2/c1-4-5-6-10-8-12(7-9(10)2)11(13)14-3/h5-6H,4,7-8H2,1-3H3/b6-5-. The fourth-order valence-corrected chi connectivity index (χ4v) is 1.50. The maximum absolute atomic E-state index is 11.2. The third-order valence-corrected chi connectivity index (χ3v) is 2.32. The molecule has 0 saturated carbocycles. The Balaban J connectivity index is 2.60. The number of hydrogen-bond donors (Lipinski definition) is 0. The Kier molecular flexibility index (Phi) is 3.74. The molecule has 1 heterocycles. The minimum absolute atomic E-state index is 0.246. The van der Waals surface area contributed by atoms with Crippen LogP contribution in [0.15, 0.2) is 23.3 Å². The topological polar surface area (TPSA) is 29.5 Å². The predicted molar refractivity (Wildman–Crippen MR) is 56.1 cm³/mol. The highest BCUT2D eigenvalue weighted by molar-refractivity contribution is 5.69. The van der Waals surface area contributed by atoms with E-state index in [4.69, 9.17) is 0 Å². The number of nitrogens with zero attached hydrogens (tertiary/aromatic N) is 1. The van der Waals surface area contributed by atoms with Gasteiger partial charge in [-0.3, -0.25) is 4.90 Å². The molecule has 14 heavy (non-hydrogen) atoms. The minimum atomic E-state index is -0.246. The highest BCUT2D eigenvalue weighted by Gasteiger charge is 2.22. The highest BCUT2D eigenvalue weighted by atomic mass is 16.5. The van der Waals surface area contributed by atoms with E-state index in [1.165, 1.54) is 18.3 Å². The van der Waals surface area contributed by atoms with Crippen LogP contribution in [-0.4, -0.2) is 31.2 Å². The van der Waals surface area contributed by atoms with E-state index in [0.29, 0.717) is 13.1 Å². The van der Waals surface area contributed by atoms with Gasteiger partial charge in [0.15, 0.2) is 0 Å². The molecule has 0 saturated heterocycles. The predicted octanol–water partition coefficient (Wildman–Crippen LogP) is 2.35. The molecule has 1 amide bonds. The van der Waals surface area contributed by atoms with Crippen molar-refractivity contribution in [1.82, 2.24) is 4.90 Å². The molecule has 0 aromatic carbocycles. The van der Waals surface area contributed by atoms with Crippen molar-refractivity contribution >= 4 is 6.09 Å². The third-order valence-electron chi connectivity index (χ3n) is 2.32. The van der Waals surface area contributed by atoms with Crippen LogP contribution < -0.4 is 0 Å². The van der Waals surface area contributed by atoms with E-state index in [0.717, 1.165) is 6.42 Å². The van der Waals surface area contributed by atoms with Gasteiger partial charge in [0.05, 0.1) is 7.11 Å². The third kappa shape index (κ3) is 2.37. The van der Waals surface area contributed by atoms with Crippen molar-refractivity contribution in [3.05, 3.63) is 23.3 Å². The van der Waals surface area contributed by atoms with Gasteiger partial charge in [0.2, 0.25) is 0 Å². The zero-order chi connectivity index (χ0) is 10.6. The van der Waals surface area contributed by atoms with Crippen LogP contribution in [0.4, 0.5) is 4.79 Å². The molecule has 1 aliphatic heterocycles. The van der Waals surface area contributed by atoms with Crippen LogP contribution in [0.1, 0.15) is 20.3 Å². The number of allylic oxidation sites excluding steroid dienone is 1. The van der Waals surface area contributed by atoms with Crippen LogP contribution in [0.25, 0.3) is 0 Å². The zero-order valence-electron chi connectivity index (χ0n) is 9.04. The maximum Gasteiger partial charge on any atom is 0.410 e. The number of rotatable bonds is 2. The summed E-state index contributed by atoms with van der Waals surface area (Å²) in [6.07, 6.45) is 4.98. The van der Waals surface area contributed by atoms with E-state index in [1.807, 2.05) is 0 Å². The van der Waals surface area contributed by atoms with E-state index in [2.05, 4.69) is 30.7 Å². The Bertz CT molecular complexity index is 279. The lowest BCUT2D eigenvalue weighted by Gasteiger charge is -2.13. The average Bonchev–Trinajstić information content (AvgIpc) is 2.56. The molecule has 0 spiro atoms. The minimum Gasteiger partial charge on any atom is -0.453 e. The van der Waals surface area contributed by atoms with Crippen LogP contribution in [0.2, 0.25) is 0 Å². The molecular formula is C11H17NO2. The van der Waals surface area contributed by atoms with Gasteiger partial charge < -0.3 is 4.74 Å². The zero-order valence-corrected chi connectivity index (χ0v) is 9.04. The van der Waals surface area contributed by atoms with Gasteiger partial charge in [0.25, 0.3) is 0 Å². The molecule has 3 nitrogen and oxygen atoms in total. The molecule has 1 aliphatic rings. The van der Waals surface area contributed by atoms with E-state index < -0.39 is 0 Å². The van der Waals surface area contributed by atoms with E-state index in [9.17, 15) is 4.79 Å². The van der Waals surface area contributed by atoms with Gasteiger partial charge in [-0.2, -0.15) is 0 Å². The Morgan fingerprint density at radius 3 is 2.86 bits per heavy atom. The summed E-state index contributed by atoms with van der Waals surface area (Å²) in [7, 11) is 1.41. The summed E-state index contributed by atoms with van der Waals surface area (Å²) in [5, 5.41) is 0. The first-order valence-corrected chi connectivity index (χ1v) is 4.87. The summed E-state index contributed by atoms with van der Waals surface area (Å²) >= 11 is 0. The number of carbonyl (C=O) groups excluding carboxylic acids is 1.